The second-order valence-corrected chi connectivity index (χ2v) is 3.47. The fraction of sp³-hybridized carbons (Fsp3) is 0.250. The van der Waals surface area contributed by atoms with Crippen LogP contribution in [0.2, 0.25) is 5.25 Å². The Morgan fingerprint density at radius 3 is 2.83 bits per heavy atom. The molecule has 0 spiro atoms. The molecule has 30 valence electrons. The third-order valence-electron chi connectivity index (χ3n) is 0.593. The first-order chi connectivity index (χ1) is 3.00. The van der Waals surface area contributed by atoms with E-state index in [4.69, 9.17) is 0 Å². The van der Waals surface area contributed by atoms with Crippen LogP contribution in [-0.2, 0) is 0 Å². The van der Waals surface area contributed by atoms with E-state index in [1.165, 1.54) is 5.25 Å². The Labute approximate surface area is 43.6 Å². The molecule has 2 heteroatoms. The van der Waals surface area contributed by atoms with Crippen molar-refractivity contribution in [3.8, 4) is 0 Å². The van der Waals surface area contributed by atoms with Gasteiger partial charge in [0.15, 0.2) is 0 Å². The third kappa shape index (κ3) is 0.973. The van der Waals surface area contributed by atoms with Gasteiger partial charge in [0.05, 0.1) is 0 Å². The third-order valence-corrected chi connectivity index (χ3v) is 2.28. The fourth-order valence-corrected chi connectivity index (χ4v) is 1.46. The number of nitrogens with zero attached hydrogens (tertiary/aromatic N) is 1. The molecular weight excluding hydrogens is 135 g/mol. The molecule has 0 fully saturated rings. The summed E-state index contributed by atoms with van der Waals surface area (Å²) in [7, 11) is 0. The summed E-state index contributed by atoms with van der Waals surface area (Å²) in [4.78, 5) is 6.10. The van der Waals surface area contributed by atoms with E-state index in [-0.39, 0.29) is 15.4 Å². The van der Waals surface area contributed by atoms with Gasteiger partial charge in [-0.15, -0.1) is 0 Å². The maximum absolute atomic E-state index is 3.90. The van der Waals surface area contributed by atoms with Crippen LogP contribution in [0, 0.1) is 0 Å². The zero-order valence-electron chi connectivity index (χ0n) is 3.39. The van der Waals surface area contributed by atoms with Crippen LogP contribution >= 0.6 is 0 Å². The summed E-state index contributed by atoms with van der Waals surface area (Å²) in [5.41, 5.74) is 0. The van der Waals surface area contributed by atoms with Crippen molar-refractivity contribution in [1.29, 1.82) is 0 Å². The molecule has 1 rings (SSSR count). The Kier molecular flexibility index (Phi) is 1.50. The van der Waals surface area contributed by atoms with Gasteiger partial charge >= 0.3 is 43.0 Å². The van der Waals surface area contributed by atoms with Crippen molar-refractivity contribution in [2.75, 3.05) is 0 Å². The van der Waals surface area contributed by atoms with Crippen molar-refractivity contribution in [1.82, 2.24) is 0 Å². The van der Waals surface area contributed by atoms with Gasteiger partial charge < -0.3 is 0 Å². The maximum atomic E-state index is 3.90. The van der Waals surface area contributed by atoms with Crippen molar-refractivity contribution < 1.29 is 0 Å². The van der Waals surface area contributed by atoms with Crippen LogP contribution in [0.4, 0.5) is 0 Å². The summed E-state index contributed by atoms with van der Waals surface area (Å²) in [6, 6.07) is 0. The molecule has 0 N–H and O–H groups in total. The van der Waals surface area contributed by atoms with Gasteiger partial charge in [0.25, 0.3) is 0 Å². The van der Waals surface area contributed by atoms with Crippen LogP contribution in [0.15, 0.2) is 16.1 Å². The van der Waals surface area contributed by atoms with Gasteiger partial charge in [-0.05, 0) is 0 Å². The topological polar surface area (TPSA) is 12.4 Å². The molecule has 0 unspecified atom stereocenters. The summed E-state index contributed by atoms with van der Waals surface area (Å²) in [6.45, 7) is 0. The van der Waals surface area contributed by atoms with E-state index < -0.39 is 0 Å². The molecule has 0 atom stereocenters. The Morgan fingerprint density at radius 2 is 2.67 bits per heavy atom. The molecule has 0 aromatic heterocycles. The molecule has 0 aromatic carbocycles. The van der Waals surface area contributed by atoms with Crippen LogP contribution < -0.4 is 0 Å². The zero-order chi connectivity index (χ0) is 4.24. The molecule has 1 aliphatic rings. The van der Waals surface area contributed by atoms with E-state index in [0.29, 0.717) is 0 Å². The molecular formula is C4H5GeN. The van der Waals surface area contributed by atoms with E-state index in [2.05, 4.69) is 9.90 Å². The van der Waals surface area contributed by atoms with E-state index >= 15 is 0 Å². The summed E-state index contributed by atoms with van der Waals surface area (Å²) in [5.74, 6) is 0. The average molecular weight is 140 g/mol. The predicted molar refractivity (Wildman–Crippen MR) is 28.2 cm³/mol. The van der Waals surface area contributed by atoms with E-state index in [9.17, 15) is 0 Å². The van der Waals surface area contributed by atoms with E-state index in [1.54, 1.807) is 0 Å². The predicted octanol–water partition coefficient (Wildman–Crippen LogP) is 0.664. The van der Waals surface area contributed by atoms with Gasteiger partial charge in [0.1, 0.15) is 0 Å². The van der Waals surface area contributed by atoms with Crippen LogP contribution in [-0.4, -0.2) is 21.6 Å². The molecule has 1 nitrogen and oxygen atoms in total. The Hall–Kier alpha value is -0.0471. The van der Waals surface area contributed by atoms with Crippen LogP contribution in [0.3, 0.4) is 0 Å². The monoisotopic (exact) mass is 141 g/mol. The second kappa shape index (κ2) is 2.18. The summed E-state index contributed by atoms with van der Waals surface area (Å²) < 4.78 is 0. The normalized spacial score (nSPS) is 18.7. The van der Waals surface area contributed by atoms with Gasteiger partial charge in [0.2, 0.25) is 0 Å². The van der Waals surface area contributed by atoms with E-state index in [1.807, 2.05) is 12.4 Å². The van der Waals surface area contributed by atoms with Crippen molar-refractivity contribution in [2.24, 2.45) is 4.99 Å². The quantitative estimate of drug-likeness (QED) is 0.438. The standard InChI is InChI=1S/C4H5GeN/c1-3-6-4-2-5-1/h1,3-4H,2H2. The average Bonchev–Trinajstić information content (AvgIpc) is 1.72. The Morgan fingerprint density at radius 1 is 1.67 bits per heavy atom. The molecule has 0 saturated heterocycles. The minimum absolute atomic E-state index is 0.278. The zero-order valence-corrected chi connectivity index (χ0v) is 5.48. The first-order valence-corrected chi connectivity index (χ1v) is 4.60. The second-order valence-electron chi connectivity index (χ2n) is 1.06. The van der Waals surface area contributed by atoms with Crippen LogP contribution in [0.25, 0.3) is 0 Å². The molecule has 0 saturated carbocycles. The summed E-state index contributed by atoms with van der Waals surface area (Å²) >= 11 is 0.278. The fourth-order valence-electron chi connectivity index (χ4n) is 0.330. The van der Waals surface area contributed by atoms with Crippen LogP contribution in [0.5, 0.6) is 0 Å². The number of hydrogen-bond donors (Lipinski definition) is 0. The van der Waals surface area contributed by atoms with Crippen LogP contribution in [0.1, 0.15) is 0 Å². The van der Waals surface area contributed by atoms with Gasteiger partial charge in [-0.3, -0.25) is 0 Å². The molecule has 1 aliphatic heterocycles. The summed E-state index contributed by atoms with van der Waals surface area (Å²) in [6.07, 6.45) is 3.88. The van der Waals surface area contributed by atoms with Gasteiger partial charge in [-0.2, -0.15) is 0 Å². The van der Waals surface area contributed by atoms with E-state index in [0.717, 1.165) is 0 Å². The number of aliphatic imine (C=N–C) groups is 1. The molecule has 0 bridgehead atoms. The molecule has 0 aliphatic carbocycles. The van der Waals surface area contributed by atoms with Crippen molar-refractivity contribution in [3.05, 3.63) is 11.1 Å². The van der Waals surface area contributed by atoms with Gasteiger partial charge in [-0.25, -0.2) is 0 Å². The van der Waals surface area contributed by atoms with Crippen molar-refractivity contribution >= 4 is 21.6 Å². The van der Waals surface area contributed by atoms with Gasteiger partial charge in [-0.1, -0.05) is 0 Å². The summed E-state index contributed by atoms with van der Waals surface area (Å²) in [5, 5.41) is 1.25. The first kappa shape index (κ1) is 4.12. The minimum atomic E-state index is 0.278. The number of rotatable bonds is 0. The molecule has 1 heterocycles. The SMILES string of the molecule is C1=[CH][Ge][CH2]C=N1. The first-order valence-electron chi connectivity index (χ1n) is 1.90. The molecule has 2 radical (unpaired) electrons. The molecule has 0 aromatic rings. The Bertz CT molecular complexity index is 73.5. The molecule has 6 heavy (non-hydrogen) atoms. The molecule has 0 amide bonds. The Balaban J connectivity index is 2.46. The number of hydrogen-bond acceptors (Lipinski definition) is 1. The van der Waals surface area contributed by atoms with Crippen molar-refractivity contribution in [3.63, 3.8) is 0 Å². The van der Waals surface area contributed by atoms with Gasteiger partial charge in [0, 0.05) is 0 Å². The van der Waals surface area contributed by atoms with Crippen molar-refractivity contribution in [2.45, 2.75) is 5.25 Å².